The number of amides is 2. The van der Waals surface area contributed by atoms with Gasteiger partial charge in [0.15, 0.2) is 6.29 Å². The maximum atomic E-state index is 12.2. The largest absolute Gasteiger partial charge is 0.433 e. The molecule has 1 rings (SSSR count). The molecule has 6 nitrogen and oxygen atoms in total. The third-order valence-corrected chi connectivity index (χ3v) is 2.56. The zero-order valence-electron chi connectivity index (χ0n) is 12.3. The van der Waals surface area contributed by atoms with Crippen molar-refractivity contribution in [2.75, 3.05) is 20.6 Å². The highest BCUT2D eigenvalue weighted by Crippen LogP contribution is 2.09. The van der Waals surface area contributed by atoms with Crippen molar-refractivity contribution in [1.82, 2.24) is 9.96 Å². The van der Waals surface area contributed by atoms with Crippen molar-refractivity contribution in [3.63, 3.8) is 0 Å². The Labute approximate surface area is 123 Å². The van der Waals surface area contributed by atoms with E-state index < -0.39 is 12.0 Å². The molecule has 0 bridgehead atoms. The van der Waals surface area contributed by atoms with E-state index in [2.05, 4.69) is 0 Å². The van der Waals surface area contributed by atoms with Crippen LogP contribution in [0.3, 0.4) is 0 Å². The first-order valence-electron chi connectivity index (χ1n) is 6.42. The Morgan fingerprint density at radius 3 is 2.29 bits per heavy atom. The zero-order valence-corrected chi connectivity index (χ0v) is 12.3. The summed E-state index contributed by atoms with van der Waals surface area (Å²) in [6, 6.07) is 8.94. The third-order valence-electron chi connectivity index (χ3n) is 2.56. The van der Waals surface area contributed by atoms with Crippen LogP contribution in [0.25, 0.3) is 6.08 Å². The molecule has 0 heterocycles. The van der Waals surface area contributed by atoms with E-state index in [9.17, 15) is 14.4 Å². The Hall–Kier alpha value is -2.63. The van der Waals surface area contributed by atoms with E-state index in [4.69, 9.17) is 4.84 Å². The van der Waals surface area contributed by atoms with Crippen LogP contribution in [0.15, 0.2) is 35.9 Å². The van der Waals surface area contributed by atoms with Crippen molar-refractivity contribution in [3.05, 3.63) is 41.5 Å². The van der Waals surface area contributed by atoms with Gasteiger partial charge in [-0.05, 0) is 18.6 Å². The first kappa shape index (κ1) is 16.4. The fourth-order valence-corrected chi connectivity index (χ4v) is 1.44. The molecule has 1 aromatic carbocycles. The van der Waals surface area contributed by atoms with Crippen molar-refractivity contribution in [3.8, 4) is 0 Å². The normalized spacial score (nSPS) is 10.7. The number of carbonyl (C=O) groups is 3. The molecule has 0 radical (unpaired) electrons. The number of hydroxylamine groups is 2. The molecule has 21 heavy (non-hydrogen) atoms. The number of nitrogens with zero attached hydrogens (tertiary/aromatic N) is 2. The van der Waals surface area contributed by atoms with Gasteiger partial charge in [-0.3, -0.25) is 9.59 Å². The van der Waals surface area contributed by atoms with Crippen LogP contribution in [0, 0.1) is 0 Å². The molecular formula is C15H18N2O4. The van der Waals surface area contributed by atoms with Gasteiger partial charge in [0.05, 0.1) is 12.1 Å². The fraction of sp³-hybridized carbons (Fsp3) is 0.267. The highest BCUT2D eigenvalue weighted by molar-refractivity contribution is 6.14. The minimum atomic E-state index is -0.685. The monoisotopic (exact) mass is 290 g/mol. The van der Waals surface area contributed by atoms with Crippen LogP contribution < -0.4 is 0 Å². The molecule has 0 aliphatic rings. The molecule has 0 saturated carbocycles. The van der Waals surface area contributed by atoms with Crippen LogP contribution in [0.1, 0.15) is 12.5 Å². The fourth-order valence-electron chi connectivity index (χ4n) is 1.44. The molecule has 6 heteroatoms. The summed E-state index contributed by atoms with van der Waals surface area (Å²) in [4.78, 5) is 40.9. The van der Waals surface area contributed by atoms with Crippen LogP contribution in [0.2, 0.25) is 0 Å². The van der Waals surface area contributed by atoms with Gasteiger partial charge in [0.2, 0.25) is 0 Å². The van der Waals surface area contributed by atoms with Gasteiger partial charge in [-0.1, -0.05) is 30.3 Å². The predicted molar refractivity (Wildman–Crippen MR) is 78.0 cm³/mol. The summed E-state index contributed by atoms with van der Waals surface area (Å²) in [5.74, 6) is -0.661. The summed E-state index contributed by atoms with van der Waals surface area (Å²) in [6.45, 7) is 1.78. The minimum absolute atomic E-state index is 0.0883. The molecule has 0 fully saturated rings. The van der Waals surface area contributed by atoms with Crippen LogP contribution in [0.4, 0.5) is 4.79 Å². The second-order valence-corrected chi connectivity index (χ2v) is 4.38. The molecule has 0 spiro atoms. The van der Waals surface area contributed by atoms with Gasteiger partial charge in [0.1, 0.15) is 0 Å². The number of hydrogen-bond donors (Lipinski definition) is 0. The number of aldehydes is 1. The maximum absolute atomic E-state index is 12.2. The molecule has 112 valence electrons. The van der Waals surface area contributed by atoms with Crippen molar-refractivity contribution < 1.29 is 19.2 Å². The van der Waals surface area contributed by atoms with E-state index >= 15 is 0 Å². The summed E-state index contributed by atoms with van der Waals surface area (Å²) in [5.41, 5.74) is 0.623. The topological polar surface area (TPSA) is 66.9 Å². The molecule has 0 atom stereocenters. The summed E-state index contributed by atoms with van der Waals surface area (Å²) in [6.07, 6.45) is 1.21. The third kappa shape index (κ3) is 4.76. The van der Waals surface area contributed by atoms with Crippen molar-refractivity contribution in [2.45, 2.75) is 6.92 Å². The lowest BCUT2D eigenvalue weighted by Gasteiger charge is -2.21. The van der Waals surface area contributed by atoms with E-state index in [1.165, 1.54) is 25.1 Å². The van der Waals surface area contributed by atoms with Gasteiger partial charge < -0.3 is 9.74 Å². The number of benzene rings is 1. The van der Waals surface area contributed by atoms with Gasteiger partial charge >= 0.3 is 6.09 Å². The Morgan fingerprint density at radius 2 is 1.81 bits per heavy atom. The number of carbonyl (C=O) groups excluding carboxylic acids is 3. The smallest absolute Gasteiger partial charge is 0.318 e. The highest BCUT2D eigenvalue weighted by Gasteiger charge is 2.21. The Bertz CT molecular complexity index is 538. The van der Waals surface area contributed by atoms with E-state index in [-0.39, 0.29) is 12.1 Å². The average Bonchev–Trinajstić information content (AvgIpc) is 2.50. The zero-order chi connectivity index (χ0) is 15.8. The first-order valence-corrected chi connectivity index (χ1v) is 6.42. The van der Waals surface area contributed by atoms with Gasteiger partial charge in [0, 0.05) is 14.1 Å². The second-order valence-electron chi connectivity index (χ2n) is 4.38. The molecule has 0 aliphatic heterocycles. The maximum Gasteiger partial charge on any atom is 0.433 e. The van der Waals surface area contributed by atoms with E-state index in [1.54, 1.807) is 31.2 Å². The SMILES string of the molecule is CCN(OC(=O)N(C)C)C(=O)C(C=O)=Cc1ccccc1. The quantitative estimate of drug-likeness (QED) is 0.278. The van der Waals surface area contributed by atoms with Crippen LogP contribution in [-0.4, -0.2) is 48.9 Å². The lowest BCUT2D eigenvalue weighted by atomic mass is 10.1. The van der Waals surface area contributed by atoms with Crippen molar-refractivity contribution >= 4 is 24.4 Å². The average molecular weight is 290 g/mol. The predicted octanol–water partition coefficient (Wildman–Crippen LogP) is 1.73. The number of likely N-dealkylation sites (N-methyl/N-ethyl adjacent to an activating group) is 1. The van der Waals surface area contributed by atoms with Crippen molar-refractivity contribution in [1.29, 1.82) is 0 Å². The molecule has 1 aromatic rings. The minimum Gasteiger partial charge on any atom is -0.318 e. The summed E-state index contributed by atoms with van der Waals surface area (Å²) in [7, 11) is 3.00. The first-order chi connectivity index (χ1) is 9.99. The second kappa shape index (κ2) is 7.84. The highest BCUT2D eigenvalue weighted by atomic mass is 16.7. The molecule has 0 unspecified atom stereocenters. The standard InChI is InChI=1S/C15H18N2O4/c1-4-17(21-15(20)16(2)3)14(19)13(11-18)10-12-8-6-5-7-9-12/h5-11H,4H2,1-3H3. The Balaban J connectivity index is 2.93. The van der Waals surface area contributed by atoms with Gasteiger partial charge in [0.25, 0.3) is 5.91 Å². The van der Waals surface area contributed by atoms with Crippen LogP contribution in [-0.2, 0) is 14.4 Å². The number of rotatable bonds is 4. The molecule has 0 N–H and O–H groups in total. The van der Waals surface area contributed by atoms with Crippen LogP contribution >= 0.6 is 0 Å². The lowest BCUT2D eigenvalue weighted by molar-refractivity contribution is -0.162. The van der Waals surface area contributed by atoms with Gasteiger partial charge in [-0.2, -0.15) is 5.06 Å². The van der Waals surface area contributed by atoms with Crippen molar-refractivity contribution in [2.24, 2.45) is 0 Å². The molecule has 0 aliphatic carbocycles. The van der Waals surface area contributed by atoms with E-state index in [0.717, 1.165) is 5.06 Å². The van der Waals surface area contributed by atoms with Gasteiger partial charge in [-0.15, -0.1) is 0 Å². The van der Waals surface area contributed by atoms with E-state index in [1.807, 2.05) is 6.07 Å². The number of hydrogen-bond acceptors (Lipinski definition) is 4. The summed E-state index contributed by atoms with van der Waals surface area (Å²) in [5, 5.41) is 0.853. The lowest BCUT2D eigenvalue weighted by Crippen LogP contribution is -2.38. The summed E-state index contributed by atoms with van der Waals surface area (Å²) >= 11 is 0. The molecule has 0 aromatic heterocycles. The van der Waals surface area contributed by atoms with Crippen LogP contribution in [0.5, 0.6) is 0 Å². The summed E-state index contributed by atoms with van der Waals surface area (Å²) < 4.78 is 0. The Kier molecular flexibility index (Phi) is 6.13. The van der Waals surface area contributed by atoms with E-state index in [0.29, 0.717) is 11.8 Å². The molecule has 2 amide bonds. The molecule has 0 saturated heterocycles. The Morgan fingerprint density at radius 1 is 1.19 bits per heavy atom. The van der Waals surface area contributed by atoms with Gasteiger partial charge in [-0.25, -0.2) is 4.79 Å². The molecular weight excluding hydrogens is 272 g/mol.